The predicted molar refractivity (Wildman–Crippen MR) is 78.1 cm³/mol. The van der Waals surface area contributed by atoms with Crippen molar-refractivity contribution in [3.63, 3.8) is 0 Å². The summed E-state index contributed by atoms with van der Waals surface area (Å²) in [6.07, 6.45) is 7.06. The molecule has 0 saturated carbocycles. The molecule has 2 saturated heterocycles. The van der Waals surface area contributed by atoms with Crippen molar-refractivity contribution in [1.82, 2.24) is 15.5 Å². The average molecular weight is 267 g/mol. The second-order valence-electron chi connectivity index (χ2n) is 6.38. The highest BCUT2D eigenvalue weighted by atomic mass is 16.2. The zero-order valence-corrected chi connectivity index (χ0v) is 12.5. The first-order valence-electron chi connectivity index (χ1n) is 7.87. The van der Waals surface area contributed by atoms with Gasteiger partial charge in [-0.2, -0.15) is 0 Å². The lowest BCUT2D eigenvalue weighted by atomic mass is 9.93. The number of nitrogens with one attached hydrogen (secondary N) is 2. The van der Waals surface area contributed by atoms with Crippen molar-refractivity contribution in [2.45, 2.75) is 57.5 Å². The third-order valence-electron chi connectivity index (χ3n) is 4.62. The molecule has 2 N–H and O–H groups in total. The van der Waals surface area contributed by atoms with Crippen molar-refractivity contribution in [3.8, 4) is 0 Å². The van der Waals surface area contributed by atoms with Gasteiger partial charge in [0.05, 0.1) is 6.04 Å². The van der Waals surface area contributed by atoms with Crippen molar-refractivity contribution >= 4 is 5.91 Å². The van der Waals surface area contributed by atoms with E-state index in [-0.39, 0.29) is 11.9 Å². The van der Waals surface area contributed by atoms with Crippen LogP contribution in [-0.2, 0) is 4.79 Å². The van der Waals surface area contributed by atoms with Crippen LogP contribution in [0.1, 0.15) is 45.4 Å². The van der Waals surface area contributed by atoms with Crippen LogP contribution in [0.3, 0.4) is 0 Å². The predicted octanol–water partition coefficient (Wildman–Crippen LogP) is 1.37. The van der Waals surface area contributed by atoms with E-state index < -0.39 is 0 Å². The van der Waals surface area contributed by atoms with Crippen LogP contribution >= 0.6 is 0 Å². The fraction of sp³-hybridized carbons (Fsp3) is 0.933. The largest absolute Gasteiger partial charge is 0.355 e. The van der Waals surface area contributed by atoms with E-state index in [2.05, 4.69) is 29.5 Å². The first-order chi connectivity index (χ1) is 9.15. The van der Waals surface area contributed by atoms with E-state index in [0.717, 1.165) is 25.3 Å². The number of hydrogen-bond acceptors (Lipinski definition) is 3. The molecule has 0 aromatic rings. The van der Waals surface area contributed by atoms with Crippen LogP contribution in [0.4, 0.5) is 0 Å². The van der Waals surface area contributed by atoms with Crippen LogP contribution in [0.15, 0.2) is 0 Å². The third-order valence-corrected chi connectivity index (χ3v) is 4.62. The summed E-state index contributed by atoms with van der Waals surface area (Å²) in [6.45, 7) is 5.43. The van der Waals surface area contributed by atoms with Crippen molar-refractivity contribution in [2.24, 2.45) is 5.92 Å². The topological polar surface area (TPSA) is 44.4 Å². The van der Waals surface area contributed by atoms with Gasteiger partial charge in [-0.1, -0.05) is 0 Å². The summed E-state index contributed by atoms with van der Waals surface area (Å²) >= 11 is 0. The van der Waals surface area contributed by atoms with Crippen LogP contribution in [0.2, 0.25) is 0 Å². The fourth-order valence-electron chi connectivity index (χ4n) is 3.22. The SMILES string of the molecule is CC1CCCC(C(=O)NCCC2CCN(C)CC2)N1. The maximum absolute atomic E-state index is 12.1. The zero-order chi connectivity index (χ0) is 13.7. The molecule has 1 amide bonds. The van der Waals surface area contributed by atoms with Crippen LogP contribution in [0, 0.1) is 5.92 Å². The number of rotatable bonds is 4. The Bertz CT molecular complexity index is 287. The van der Waals surface area contributed by atoms with Gasteiger partial charge in [0.25, 0.3) is 0 Å². The van der Waals surface area contributed by atoms with Gasteiger partial charge in [-0.05, 0) is 71.5 Å². The van der Waals surface area contributed by atoms with E-state index in [0.29, 0.717) is 6.04 Å². The smallest absolute Gasteiger partial charge is 0.237 e. The van der Waals surface area contributed by atoms with E-state index >= 15 is 0 Å². The van der Waals surface area contributed by atoms with Crippen LogP contribution < -0.4 is 10.6 Å². The lowest BCUT2D eigenvalue weighted by Gasteiger charge is -2.30. The molecule has 110 valence electrons. The molecule has 2 aliphatic rings. The number of hydrogen-bond donors (Lipinski definition) is 2. The molecule has 2 unspecified atom stereocenters. The second-order valence-corrected chi connectivity index (χ2v) is 6.38. The van der Waals surface area contributed by atoms with Crippen molar-refractivity contribution in [2.75, 3.05) is 26.7 Å². The first-order valence-corrected chi connectivity index (χ1v) is 7.87. The Morgan fingerprint density at radius 1 is 1.26 bits per heavy atom. The van der Waals surface area contributed by atoms with Gasteiger partial charge < -0.3 is 15.5 Å². The Kier molecular flexibility index (Phi) is 5.64. The summed E-state index contributed by atoms with van der Waals surface area (Å²) < 4.78 is 0. The molecule has 19 heavy (non-hydrogen) atoms. The molecule has 0 aromatic heterocycles. The Labute approximate surface area is 117 Å². The minimum atomic E-state index is 0.0428. The van der Waals surface area contributed by atoms with Crippen molar-refractivity contribution in [3.05, 3.63) is 0 Å². The molecule has 2 fully saturated rings. The van der Waals surface area contributed by atoms with Crippen LogP contribution in [0.25, 0.3) is 0 Å². The molecule has 2 aliphatic heterocycles. The van der Waals surface area contributed by atoms with E-state index in [1.54, 1.807) is 0 Å². The maximum Gasteiger partial charge on any atom is 0.237 e. The minimum Gasteiger partial charge on any atom is -0.355 e. The van der Waals surface area contributed by atoms with Crippen LogP contribution in [-0.4, -0.2) is 49.6 Å². The molecular weight excluding hydrogens is 238 g/mol. The molecule has 2 rings (SSSR count). The number of likely N-dealkylation sites (tertiary alicyclic amines) is 1. The standard InChI is InChI=1S/C15H29N3O/c1-12-4-3-5-14(17-12)15(19)16-9-6-13-7-10-18(2)11-8-13/h12-14,17H,3-11H2,1-2H3,(H,16,19). The molecule has 0 bridgehead atoms. The highest BCUT2D eigenvalue weighted by Gasteiger charge is 2.24. The lowest BCUT2D eigenvalue weighted by molar-refractivity contribution is -0.124. The molecule has 0 aliphatic carbocycles. The quantitative estimate of drug-likeness (QED) is 0.808. The Morgan fingerprint density at radius 2 is 2.00 bits per heavy atom. The maximum atomic E-state index is 12.1. The van der Waals surface area contributed by atoms with Crippen molar-refractivity contribution in [1.29, 1.82) is 0 Å². The zero-order valence-electron chi connectivity index (χ0n) is 12.5. The summed E-state index contributed by atoms with van der Waals surface area (Å²) in [5.74, 6) is 1.01. The fourth-order valence-corrected chi connectivity index (χ4v) is 3.22. The van der Waals surface area contributed by atoms with E-state index in [9.17, 15) is 4.79 Å². The molecule has 4 heteroatoms. The van der Waals surface area contributed by atoms with Gasteiger partial charge in [-0.15, -0.1) is 0 Å². The Balaban J connectivity index is 1.61. The molecular formula is C15H29N3O. The monoisotopic (exact) mass is 267 g/mol. The third kappa shape index (κ3) is 4.77. The second kappa shape index (κ2) is 7.25. The van der Waals surface area contributed by atoms with Gasteiger partial charge in [0.1, 0.15) is 0 Å². The van der Waals surface area contributed by atoms with Crippen LogP contribution in [0.5, 0.6) is 0 Å². The highest BCUT2D eigenvalue weighted by Crippen LogP contribution is 2.19. The summed E-state index contributed by atoms with van der Waals surface area (Å²) in [7, 11) is 2.19. The highest BCUT2D eigenvalue weighted by molar-refractivity contribution is 5.81. The summed E-state index contributed by atoms with van der Waals surface area (Å²) in [5.41, 5.74) is 0. The van der Waals surface area contributed by atoms with E-state index in [1.165, 1.54) is 38.8 Å². The van der Waals surface area contributed by atoms with Gasteiger partial charge in [0.15, 0.2) is 0 Å². The molecule has 2 heterocycles. The molecule has 0 spiro atoms. The lowest BCUT2D eigenvalue weighted by Crippen LogP contribution is -2.50. The molecule has 0 radical (unpaired) electrons. The van der Waals surface area contributed by atoms with Gasteiger partial charge >= 0.3 is 0 Å². The molecule has 4 nitrogen and oxygen atoms in total. The number of carbonyl (C=O) groups excluding carboxylic acids is 1. The molecule has 0 aromatic carbocycles. The number of piperidine rings is 2. The van der Waals surface area contributed by atoms with Gasteiger partial charge in [-0.3, -0.25) is 4.79 Å². The van der Waals surface area contributed by atoms with Gasteiger partial charge in [-0.25, -0.2) is 0 Å². The minimum absolute atomic E-state index is 0.0428. The summed E-state index contributed by atoms with van der Waals surface area (Å²) in [6, 6.07) is 0.527. The average Bonchev–Trinajstić information content (AvgIpc) is 2.41. The number of carbonyl (C=O) groups is 1. The summed E-state index contributed by atoms with van der Waals surface area (Å²) in [5, 5.41) is 6.51. The summed E-state index contributed by atoms with van der Waals surface area (Å²) in [4.78, 5) is 14.4. The Morgan fingerprint density at radius 3 is 2.68 bits per heavy atom. The van der Waals surface area contributed by atoms with E-state index in [4.69, 9.17) is 0 Å². The normalized spacial score (nSPS) is 30.2. The van der Waals surface area contributed by atoms with Gasteiger partial charge in [0.2, 0.25) is 5.91 Å². The molecule has 2 atom stereocenters. The van der Waals surface area contributed by atoms with E-state index in [1.807, 2.05) is 0 Å². The first kappa shape index (κ1) is 14.8. The number of nitrogens with zero attached hydrogens (tertiary/aromatic N) is 1. The van der Waals surface area contributed by atoms with Crippen molar-refractivity contribution < 1.29 is 4.79 Å². The number of amides is 1. The Hall–Kier alpha value is -0.610. The van der Waals surface area contributed by atoms with Gasteiger partial charge in [0, 0.05) is 12.6 Å².